The summed E-state index contributed by atoms with van der Waals surface area (Å²) in [5, 5.41) is 24.3. The smallest absolute Gasteiger partial charge is 0.139 e. The van der Waals surface area contributed by atoms with Crippen LogP contribution in [0, 0.1) is 31.0 Å². The predicted octanol–water partition coefficient (Wildman–Crippen LogP) is 6.52. The van der Waals surface area contributed by atoms with Crippen LogP contribution in [0.25, 0.3) is 39.0 Å². The number of nitrogens with one attached hydrogen (secondary N) is 2. The number of fused-ring (bicyclic) bond motifs is 2. The van der Waals surface area contributed by atoms with Gasteiger partial charge in [-0.1, -0.05) is 12.1 Å². The highest BCUT2D eigenvalue weighted by Crippen LogP contribution is 2.37. The zero-order valence-electron chi connectivity index (χ0n) is 20.8. The highest BCUT2D eigenvalue weighted by molar-refractivity contribution is 5.99. The summed E-state index contributed by atoms with van der Waals surface area (Å²) in [6.45, 7) is 4.21. The highest BCUT2D eigenvalue weighted by atomic mass is 19.1. The minimum absolute atomic E-state index is 0.225. The van der Waals surface area contributed by atoms with Gasteiger partial charge in [0.05, 0.1) is 33.9 Å². The van der Waals surface area contributed by atoms with E-state index in [1.807, 2.05) is 30.3 Å². The summed E-state index contributed by atoms with van der Waals surface area (Å²) in [7, 11) is 0. The molecule has 0 saturated heterocycles. The normalized spacial score (nSPS) is 17.8. The maximum atomic E-state index is 13.8. The van der Waals surface area contributed by atoms with Crippen LogP contribution in [0.5, 0.6) is 0 Å². The average molecular weight is 494 g/mol. The van der Waals surface area contributed by atoms with Gasteiger partial charge < -0.3 is 20.0 Å². The fraction of sp³-hybridized carbons (Fsp3) is 0.267. The van der Waals surface area contributed by atoms with Crippen molar-refractivity contribution in [3.63, 3.8) is 0 Å². The quantitative estimate of drug-likeness (QED) is 0.266. The number of aromatic nitrogens is 3. The lowest BCUT2D eigenvalue weighted by molar-refractivity contribution is 0.126. The summed E-state index contributed by atoms with van der Waals surface area (Å²) in [6, 6.07) is 19.2. The largest absolute Gasteiger partial charge is 0.393 e. The van der Waals surface area contributed by atoms with Gasteiger partial charge in [0.15, 0.2) is 0 Å². The van der Waals surface area contributed by atoms with Gasteiger partial charge in [-0.25, -0.2) is 9.37 Å². The number of hydrogen-bond donors (Lipinski definition) is 3. The second kappa shape index (κ2) is 9.06. The van der Waals surface area contributed by atoms with Gasteiger partial charge in [-0.3, -0.25) is 0 Å². The summed E-state index contributed by atoms with van der Waals surface area (Å²) in [5.41, 5.74) is 8.01. The van der Waals surface area contributed by atoms with Crippen molar-refractivity contribution in [3.8, 4) is 23.1 Å². The summed E-state index contributed by atoms with van der Waals surface area (Å²) in [5.74, 6) is 0.404. The molecule has 3 aromatic carbocycles. The van der Waals surface area contributed by atoms with Crippen LogP contribution >= 0.6 is 0 Å². The molecule has 0 spiro atoms. The molecule has 0 bridgehead atoms. The molecule has 7 heteroatoms. The first-order chi connectivity index (χ1) is 17.9. The van der Waals surface area contributed by atoms with Crippen molar-refractivity contribution in [2.75, 3.05) is 5.32 Å². The number of aliphatic hydroxyl groups excluding tert-OH is 1. The fourth-order valence-corrected chi connectivity index (χ4v) is 5.62. The molecule has 0 radical (unpaired) electrons. The first-order valence-electron chi connectivity index (χ1n) is 12.7. The Labute approximate surface area is 214 Å². The standard InChI is InChI=1S/C30H28FN5O/c1-17-18(2)36(22-10-6-19(16-32)26(15-22)33-21-8-11-23(37)12-9-21)28-5-3-4-24(29(17)28)30-34-25-13-7-20(31)14-27(25)35-30/h3-7,10,13-15,21,23,33,37H,8-9,11-12H2,1-2H3,(H,34,35)/t21-,23-. The Kier molecular flexibility index (Phi) is 5.69. The molecule has 6 nitrogen and oxygen atoms in total. The van der Waals surface area contributed by atoms with Gasteiger partial charge in [0.2, 0.25) is 0 Å². The van der Waals surface area contributed by atoms with Gasteiger partial charge in [-0.15, -0.1) is 0 Å². The van der Waals surface area contributed by atoms with Gasteiger partial charge in [0.25, 0.3) is 0 Å². The van der Waals surface area contributed by atoms with E-state index in [0.29, 0.717) is 16.9 Å². The Morgan fingerprint density at radius 2 is 1.89 bits per heavy atom. The molecule has 6 rings (SSSR count). The van der Waals surface area contributed by atoms with E-state index in [1.54, 1.807) is 6.07 Å². The molecule has 1 fully saturated rings. The molecule has 37 heavy (non-hydrogen) atoms. The second-order valence-electron chi connectivity index (χ2n) is 9.98. The number of nitrogens with zero attached hydrogens (tertiary/aromatic N) is 3. The van der Waals surface area contributed by atoms with Gasteiger partial charge in [-0.05, 0) is 87.6 Å². The predicted molar refractivity (Wildman–Crippen MR) is 144 cm³/mol. The topological polar surface area (TPSA) is 89.7 Å². The van der Waals surface area contributed by atoms with Gasteiger partial charge in [-0.2, -0.15) is 5.26 Å². The number of imidazole rings is 1. The second-order valence-corrected chi connectivity index (χ2v) is 9.98. The number of anilines is 1. The first kappa shape index (κ1) is 23.3. The van der Waals surface area contributed by atoms with Crippen LogP contribution < -0.4 is 5.32 Å². The molecule has 0 aliphatic heterocycles. The van der Waals surface area contributed by atoms with Gasteiger partial charge in [0, 0.05) is 28.4 Å². The van der Waals surface area contributed by atoms with Crippen molar-refractivity contribution in [3.05, 3.63) is 77.2 Å². The minimum Gasteiger partial charge on any atom is -0.393 e. The van der Waals surface area contributed by atoms with Gasteiger partial charge >= 0.3 is 0 Å². The lowest BCUT2D eigenvalue weighted by atomic mass is 9.93. The number of rotatable bonds is 4. The van der Waals surface area contributed by atoms with Crippen LogP contribution in [0.15, 0.2) is 54.6 Å². The summed E-state index contributed by atoms with van der Waals surface area (Å²) in [4.78, 5) is 8.03. The Balaban J connectivity index is 1.46. The Morgan fingerprint density at radius 1 is 1.08 bits per heavy atom. The summed E-state index contributed by atoms with van der Waals surface area (Å²) < 4.78 is 16.0. The molecular weight excluding hydrogens is 465 g/mol. The van der Waals surface area contributed by atoms with E-state index in [4.69, 9.17) is 4.98 Å². The van der Waals surface area contributed by atoms with Gasteiger partial charge in [0.1, 0.15) is 17.7 Å². The number of aromatic amines is 1. The molecule has 3 N–H and O–H groups in total. The molecule has 0 amide bonds. The van der Waals surface area contributed by atoms with Crippen LogP contribution in [0.1, 0.15) is 42.5 Å². The van der Waals surface area contributed by atoms with Crippen LogP contribution in [-0.2, 0) is 0 Å². The van der Waals surface area contributed by atoms with E-state index in [1.165, 1.54) is 12.1 Å². The molecule has 1 saturated carbocycles. The molecule has 1 aliphatic rings. The maximum Gasteiger partial charge on any atom is 0.139 e. The fourth-order valence-electron chi connectivity index (χ4n) is 5.62. The lowest BCUT2D eigenvalue weighted by Crippen LogP contribution is -2.28. The van der Waals surface area contributed by atoms with Crippen LogP contribution in [0.2, 0.25) is 0 Å². The van der Waals surface area contributed by atoms with Crippen LogP contribution in [0.4, 0.5) is 10.1 Å². The van der Waals surface area contributed by atoms with E-state index in [2.05, 4.69) is 40.9 Å². The van der Waals surface area contributed by atoms with E-state index in [0.717, 1.165) is 70.3 Å². The Bertz CT molecular complexity index is 1680. The van der Waals surface area contributed by atoms with Crippen molar-refractivity contribution in [1.29, 1.82) is 5.26 Å². The first-order valence-corrected chi connectivity index (χ1v) is 12.7. The number of aryl methyl sites for hydroxylation is 1. The summed E-state index contributed by atoms with van der Waals surface area (Å²) in [6.07, 6.45) is 3.09. The number of nitriles is 1. The van der Waals surface area contributed by atoms with E-state index in [-0.39, 0.29) is 18.0 Å². The molecule has 0 unspecified atom stereocenters. The zero-order chi connectivity index (χ0) is 25.7. The van der Waals surface area contributed by atoms with E-state index >= 15 is 0 Å². The van der Waals surface area contributed by atoms with Crippen LogP contribution in [-0.4, -0.2) is 31.8 Å². The monoisotopic (exact) mass is 493 g/mol. The molecule has 186 valence electrons. The third kappa shape index (κ3) is 4.04. The number of halogens is 1. The van der Waals surface area contributed by atoms with E-state index < -0.39 is 0 Å². The van der Waals surface area contributed by atoms with Crippen molar-refractivity contribution in [1.82, 2.24) is 14.5 Å². The molecule has 1 aliphatic carbocycles. The maximum absolute atomic E-state index is 13.8. The Hall–Kier alpha value is -4.15. The Morgan fingerprint density at radius 3 is 2.68 bits per heavy atom. The SMILES string of the molecule is Cc1c(C)n(-c2ccc(C#N)c(N[C@H]3CC[C@H](O)CC3)c2)c2cccc(-c3nc4ccc(F)cc4[nH]3)c12. The minimum atomic E-state index is -0.297. The van der Waals surface area contributed by atoms with Crippen molar-refractivity contribution in [2.24, 2.45) is 0 Å². The number of aliphatic hydroxyl groups is 1. The molecule has 2 aromatic heterocycles. The van der Waals surface area contributed by atoms with Crippen molar-refractivity contribution < 1.29 is 9.50 Å². The third-order valence-corrected chi connectivity index (χ3v) is 7.67. The summed E-state index contributed by atoms with van der Waals surface area (Å²) >= 11 is 0. The lowest BCUT2D eigenvalue weighted by Gasteiger charge is -2.27. The molecular formula is C30H28FN5O. The third-order valence-electron chi connectivity index (χ3n) is 7.67. The number of benzene rings is 3. The van der Waals surface area contributed by atoms with E-state index in [9.17, 15) is 14.8 Å². The van der Waals surface area contributed by atoms with Crippen molar-refractivity contribution in [2.45, 2.75) is 51.7 Å². The van der Waals surface area contributed by atoms with Crippen molar-refractivity contribution >= 4 is 27.6 Å². The highest BCUT2D eigenvalue weighted by Gasteiger charge is 2.22. The molecule has 5 aromatic rings. The molecule has 2 heterocycles. The molecule has 0 atom stereocenters. The number of hydrogen-bond acceptors (Lipinski definition) is 4. The van der Waals surface area contributed by atoms with Crippen LogP contribution in [0.3, 0.4) is 0 Å². The average Bonchev–Trinajstić information content (AvgIpc) is 3.43. The zero-order valence-corrected chi connectivity index (χ0v) is 20.8. The number of H-pyrrole nitrogens is 1.